The van der Waals surface area contributed by atoms with Gasteiger partial charge in [0.15, 0.2) is 5.82 Å². The molecular formula is C11H8N4O. The maximum atomic E-state index is 11.6. The first-order valence-electron chi connectivity index (χ1n) is 4.83. The quantitative estimate of drug-likeness (QED) is 0.638. The Hall–Kier alpha value is -2.43. The summed E-state index contributed by atoms with van der Waals surface area (Å²) >= 11 is 0. The Bertz CT molecular complexity index is 685. The monoisotopic (exact) mass is 212 g/mol. The zero-order valence-electron chi connectivity index (χ0n) is 8.27. The van der Waals surface area contributed by atoms with E-state index in [0.29, 0.717) is 16.9 Å². The number of benzene rings is 1. The number of aromatic amines is 2. The van der Waals surface area contributed by atoms with Gasteiger partial charge in [0.25, 0.3) is 5.56 Å². The molecule has 0 atom stereocenters. The number of nitrogens with zero attached hydrogens (tertiary/aromatic N) is 2. The second kappa shape index (κ2) is 3.30. The number of fused-ring (bicyclic) bond motifs is 1. The van der Waals surface area contributed by atoms with Crippen LogP contribution in [0.2, 0.25) is 0 Å². The minimum absolute atomic E-state index is 0.189. The fraction of sp³-hybridized carbons (Fsp3) is 0. The molecule has 3 aromatic rings. The van der Waals surface area contributed by atoms with E-state index < -0.39 is 0 Å². The molecule has 1 aromatic carbocycles. The maximum absolute atomic E-state index is 11.6. The van der Waals surface area contributed by atoms with E-state index in [0.717, 1.165) is 5.39 Å². The molecule has 5 heteroatoms. The predicted molar refractivity (Wildman–Crippen MR) is 59.9 cm³/mol. The fourth-order valence-corrected chi connectivity index (χ4v) is 1.69. The van der Waals surface area contributed by atoms with Crippen LogP contribution in [0.25, 0.3) is 22.3 Å². The minimum Gasteiger partial charge on any atom is -0.343 e. The SMILES string of the molecule is O=c1[nH]nc(-c2ncc[nH]2)c2ccccc12. The third kappa shape index (κ3) is 1.22. The van der Waals surface area contributed by atoms with Crippen molar-refractivity contribution in [2.45, 2.75) is 0 Å². The van der Waals surface area contributed by atoms with E-state index in [1.165, 1.54) is 0 Å². The van der Waals surface area contributed by atoms with Crippen LogP contribution in [-0.2, 0) is 0 Å². The van der Waals surface area contributed by atoms with Crippen molar-refractivity contribution in [3.8, 4) is 11.5 Å². The van der Waals surface area contributed by atoms with Crippen molar-refractivity contribution in [2.75, 3.05) is 0 Å². The third-order valence-electron chi connectivity index (χ3n) is 2.42. The number of rotatable bonds is 1. The number of hydrogen-bond donors (Lipinski definition) is 2. The Kier molecular flexibility index (Phi) is 1.83. The molecule has 5 nitrogen and oxygen atoms in total. The first kappa shape index (κ1) is 8.84. The lowest BCUT2D eigenvalue weighted by Gasteiger charge is -2.01. The number of hydrogen-bond acceptors (Lipinski definition) is 3. The van der Waals surface area contributed by atoms with Gasteiger partial charge in [-0.2, -0.15) is 5.10 Å². The lowest BCUT2D eigenvalue weighted by molar-refractivity contribution is 1.01. The smallest absolute Gasteiger partial charge is 0.272 e. The van der Waals surface area contributed by atoms with E-state index >= 15 is 0 Å². The molecule has 2 heterocycles. The van der Waals surface area contributed by atoms with Crippen molar-refractivity contribution in [3.05, 3.63) is 47.0 Å². The summed E-state index contributed by atoms with van der Waals surface area (Å²) in [5.41, 5.74) is 0.464. The van der Waals surface area contributed by atoms with E-state index in [-0.39, 0.29) is 5.56 Å². The second-order valence-corrected chi connectivity index (χ2v) is 3.38. The Labute approximate surface area is 90.2 Å². The van der Waals surface area contributed by atoms with E-state index in [1.807, 2.05) is 18.2 Å². The highest BCUT2D eigenvalue weighted by Gasteiger charge is 2.09. The predicted octanol–water partition coefficient (Wildman–Crippen LogP) is 1.31. The maximum Gasteiger partial charge on any atom is 0.272 e. The van der Waals surface area contributed by atoms with Crippen LogP contribution >= 0.6 is 0 Å². The van der Waals surface area contributed by atoms with Gasteiger partial charge in [0.05, 0.1) is 5.39 Å². The molecule has 0 fully saturated rings. The first-order valence-corrected chi connectivity index (χ1v) is 4.83. The molecule has 2 aromatic heterocycles. The summed E-state index contributed by atoms with van der Waals surface area (Å²) in [6.07, 6.45) is 3.37. The topological polar surface area (TPSA) is 74.4 Å². The van der Waals surface area contributed by atoms with Crippen LogP contribution in [0.3, 0.4) is 0 Å². The van der Waals surface area contributed by atoms with Gasteiger partial charge >= 0.3 is 0 Å². The average molecular weight is 212 g/mol. The zero-order valence-corrected chi connectivity index (χ0v) is 8.27. The van der Waals surface area contributed by atoms with E-state index in [1.54, 1.807) is 18.5 Å². The van der Waals surface area contributed by atoms with Crippen molar-refractivity contribution in [1.82, 2.24) is 20.2 Å². The number of H-pyrrole nitrogens is 2. The van der Waals surface area contributed by atoms with Gasteiger partial charge < -0.3 is 4.98 Å². The largest absolute Gasteiger partial charge is 0.343 e. The normalized spacial score (nSPS) is 10.8. The summed E-state index contributed by atoms with van der Waals surface area (Å²) < 4.78 is 0. The Morgan fingerprint density at radius 3 is 2.69 bits per heavy atom. The van der Waals surface area contributed by atoms with Crippen LogP contribution in [0.15, 0.2) is 41.5 Å². The van der Waals surface area contributed by atoms with Crippen molar-refractivity contribution < 1.29 is 0 Å². The molecule has 0 saturated heterocycles. The van der Waals surface area contributed by atoms with Gasteiger partial charge in [-0.25, -0.2) is 10.1 Å². The zero-order chi connectivity index (χ0) is 11.0. The van der Waals surface area contributed by atoms with Crippen molar-refractivity contribution in [3.63, 3.8) is 0 Å². The van der Waals surface area contributed by atoms with Gasteiger partial charge in [-0.3, -0.25) is 4.79 Å². The van der Waals surface area contributed by atoms with Gasteiger partial charge in [-0.05, 0) is 6.07 Å². The van der Waals surface area contributed by atoms with Gasteiger partial charge in [0, 0.05) is 17.8 Å². The molecule has 0 unspecified atom stereocenters. The van der Waals surface area contributed by atoms with E-state index in [4.69, 9.17) is 0 Å². The minimum atomic E-state index is -0.189. The van der Waals surface area contributed by atoms with Gasteiger partial charge in [-0.1, -0.05) is 18.2 Å². The van der Waals surface area contributed by atoms with Crippen LogP contribution < -0.4 is 5.56 Å². The highest BCUT2D eigenvalue weighted by Crippen LogP contribution is 2.20. The third-order valence-corrected chi connectivity index (χ3v) is 2.42. The van der Waals surface area contributed by atoms with Crippen LogP contribution in [-0.4, -0.2) is 20.2 Å². The first-order chi connectivity index (χ1) is 7.86. The lowest BCUT2D eigenvalue weighted by atomic mass is 10.1. The molecule has 0 amide bonds. The van der Waals surface area contributed by atoms with Crippen LogP contribution in [0.1, 0.15) is 0 Å². The van der Waals surface area contributed by atoms with Crippen LogP contribution in [0.4, 0.5) is 0 Å². The molecule has 78 valence electrons. The van der Waals surface area contributed by atoms with Crippen LogP contribution in [0, 0.1) is 0 Å². The van der Waals surface area contributed by atoms with Crippen molar-refractivity contribution in [1.29, 1.82) is 0 Å². The molecule has 0 aliphatic carbocycles. The molecule has 3 rings (SSSR count). The Morgan fingerprint density at radius 1 is 1.12 bits per heavy atom. The molecule has 0 aliphatic heterocycles. The summed E-state index contributed by atoms with van der Waals surface area (Å²) in [5, 5.41) is 7.89. The van der Waals surface area contributed by atoms with Crippen LogP contribution in [0.5, 0.6) is 0 Å². The Morgan fingerprint density at radius 2 is 1.94 bits per heavy atom. The standard InChI is InChI=1S/C11H8N4O/c16-11-8-4-2-1-3-7(8)9(14-15-11)10-12-5-6-13-10/h1-6H,(H,12,13)(H,15,16). The average Bonchev–Trinajstić information content (AvgIpc) is 2.83. The van der Waals surface area contributed by atoms with Crippen molar-refractivity contribution in [2.24, 2.45) is 0 Å². The molecular weight excluding hydrogens is 204 g/mol. The fourth-order valence-electron chi connectivity index (χ4n) is 1.69. The molecule has 0 bridgehead atoms. The summed E-state index contributed by atoms with van der Waals surface area (Å²) in [5.74, 6) is 0.646. The number of nitrogens with one attached hydrogen (secondary N) is 2. The number of aromatic nitrogens is 4. The highest BCUT2D eigenvalue weighted by atomic mass is 16.1. The van der Waals surface area contributed by atoms with Gasteiger partial charge in [0.2, 0.25) is 0 Å². The molecule has 2 N–H and O–H groups in total. The lowest BCUT2D eigenvalue weighted by Crippen LogP contribution is -2.09. The van der Waals surface area contributed by atoms with Gasteiger partial charge in [0.1, 0.15) is 5.69 Å². The summed E-state index contributed by atoms with van der Waals surface area (Å²) in [7, 11) is 0. The highest BCUT2D eigenvalue weighted by molar-refractivity contribution is 5.91. The van der Waals surface area contributed by atoms with Crippen molar-refractivity contribution >= 4 is 10.8 Å². The Balaban J connectivity index is 2.43. The van der Waals surface area contributed by atoms with E-state index in [9.17, 15) is 4.79 Å². The molecule has 16 heavy (non-hydrogen) atoms. The molecule has 0 aliphatic rings. The van der Waals surface area contributed by atoms with Gasteiger partial charge in [-0.15, -0.1) is 0 Å². The summed E-state index contributed by atoms with van der Waals surface area (Å²) in [6, 6.07) is 7.32. The number of imidazole rings is 1. The van der Waals surface area contributed by atoms with E-state index in [2.05, 4.69) is 20.2 Å². The second-order valence-electron chi connectivity index (χ2n) is 3.38. The summed E-state index contributed by atoms with van der Waals surface area (Å²) in [6.45, 7) is 0. The molecule has 0 radical (unpaired) electrons. The summed E-state index contributed by atoms with van der Waals surface area (Å²) in [4.78, 5) is 18.6. The molecule has 0 saturated carbocycles. The molecule has 0 spiro atoms.